The number of anilines is 1. The highest BCUT2D eigenvalue weighted by Crippen LogP contribution is 2.36. The molecule has 0 atom stereocenters. The van der Waals surface area contributed by atoms with Gasteiger partial charge in [-0.2, -0.15) is 0 Å². The van der Waals surface area contributed by atoms with Crippen LogP contribution in [0, 0.1) is 0 Å². The lowest BCUT2D eigenvalue weighted by atomic mass is 9.80. The third-order valence-corrected chi connectivity index (χ3v) is 5.42. The van der Waals surface area contributed by atoms with Gasteiger partial charge >= 0.3 is 7.12 Å². The van der Waals surface area contributed by atoms with Crippen LogP contribution in [0.15, 0.2) is 18.5 Å². The van der Waals surface area contributed by atoms with E-state index in [1.54, 1.807) is 12.4 Å². The van der Waals surface area contributed by atoms with Crippen LogP contribution in [-0.4, -0.2) is 53.7 Å². The van der Waals surface area contributed by atoms with Crippen molar-refractivity contribution in [3.05, 3.63) is 18.5 Å². The molecule has 25 heavy (non-hydrogen) atoms. The summed E-state index contributed by atoms with van der Waals surface area (Å²) in [5.41, 5.74) is 0.703. The minimum absolute atomic E-state index is 0.0137. The first-order valence-corrected chi connectivity index (χ1v) is 9.10. The van der Waals surface area contributed by atoms with Gasteiger partial charge in [-0.3, -0.25) is 9.78 Å². The summed E-state index contributed by atoms with van der Waals surface area (Å²) in [6, 6.07) is 1.88. The zero-order valence-corrected chi connectivity index (χ0v) is 15.7. The van der Waals surface area contributed by atoms with Gasteiger partial charge in [0.25, 0.3) is 0 Å². The molecule has 0 bridgehead atoms. The zero-order valence-electron chi connectivity index (χ0n) is 15.7. The SMILES string of the molecule is CC1(C)OB(c2cncc(NC(=O)CCN3CCCC3)c2)OC1(C)C. The number of rotatable bonds is 5. The molecule has 1 aromatic rings. The standard InChI is InChI=1S/C18H28BN3O3/c1-17(2)18(3,4)25-19(24-17)14-11-15(13-20-12-14)21-16(23)7-10-22-8-5-6-9-22/h11-13H,5-10H2,1-4H3,(H,21,23). The van der Waals surface area contributed by atoms with Crippen LogP contribution in [0.1, 0.15) is 47.0 Å². The third-order valence-electron chi connectivity index (χ3n) is 5.42. The number of nitrogens with zero attached hydrogens (tertiary/aromatic N) is 2. The van der Waals surface area contributed by atoms with Crippen LogP contribution in [0.2, 0.25) is 0 Å². The molecule has 136 valence electrons. The fourth-order valence-corrected chi connectivity index (χ4v) is 3.12. The van der Waals surface area contributed by atoms with E-state index in [4.69, 9.17) is 9.31 Å². The second-order valence-corrected chi connectivity index (χ2v) is 7.94. The van der Waals surface area contributed by atoms with E-state index < -0.39 is 18.3 Å². The van der Waals surface area contributed by atoms with Crippen molar-refractivity contribution in [2.45, 2.75) is 58.2 Å². The number of amides is 1. The number of likely N-dealkylation sites (tertiary alicyclic amines) is 1. The Kier molecular flexibility index (Phi) is 5.18. The molecule has 0 aromatic carbocycles. The average Bonchev–Trinajstić information content (AvgIpc) is 3.12. The van der Waals surface area contributed by atoms with Crippen LogP contribution in [0.25, 0.3) is 0 Å². The summed E-state index contributed by atoms with van der Waals surface area (Å²) in [6.07, 6.45) is 6.36. The first kappa shape index (κ1) is 18.4. The first-order chi connectivity index (χ1) is 11.8. The van der Waals surface area contributed by atoms with Crippen molar-refractivity contribution in [3.8, 4) is 0 Å². The molecule has 1 amide bonds. The lowest BCUT2D eigenvalue weighted by molar-refractivity contribution is -0.116. The van der Waals surface area contributed by atoms with Gasteiger partial charge in [0.1, 0.15) is 0 Å². The minimum atomic E-state index is -0.473. The largest absolute Gasteiger partial charge is 0.496 e. The Bertz CT molecular complexity index is 614. The highest BCUT2D eigenvalue weighted by molar-refractivity contribution is 6.62. The fourth-order valence-electron chi connectivity index (χ4n) is 3.12. The molecule has 3 heterocycles. The van der Waals surface area contributed by atoms with E-state index in [1.165, 1.54) is 12.8 Å². The molecule has 7 heteroatoms. The Labute approximate surface area is 150 Å². The topological polar surface area (TPSA) is 63.7 Å². The lowest BCUT2D eigenvalue weighted by Gasteiger charge is -2.32. The summed E-state index contributed by atoms with van der Waals surface area (Å²) in [6.45, 7) is 11.1. The molecule has 0 radical (unpaired) electrons. The maximum absolute atomic E-state index is 12.2. The molecule has 0 unspecified atom stereocenters. The molecule has 2 aliphatic heterocycles. The van der Waals surface area contributed by atoms with E-state index in [0.29, 0.717) is 12.1 Å². The zero-order chi connectivity index (χ0) is 18.1. The van der Waals surface area contributed by atoms with Gasteiger partial charge in [-0.15, -0.1) is 0 Å². The Morgan fingerprint density at radius 2 is 1.84 bits per heavy atom. The normalized spacial score (nSPS) is 22.3. The Hall–Kier alpha value is -1.44. The van der Waals surface area contributed by atoms with Gasteiger partial charge in [0, 0.05) is 24.6 Å². The smallest absolute Gasteiger partial charge is 0.399 e. The van der Waals surface area contributed by atoms with Crippen LogP contribution in [0.5, 0.6) is 0 Å². The maximum Gasteiger partial charge on any atom is 0.496 e. The summed E-state index contributed by atoms with van der Waals surface area (Å²) in [7, 11) is -0.473. The molecule has 1 aromatic heterocycles. The molecule has 0 spiro atoms. The van der Waals surface area contributed by atoms with Crippen molar-refractivity contribution in [2.75, 3.05) is 25.0 Å². The molecule has 0 saturated carbocycles. The van der Waals surface area contributed by atoms with Gasteiger partial charge in [0.2, 0.25) is 5.91 Å². The van der Waals surface area contributed by atoms with Gasteiger partial charge in [-0.1, -0.05) is 0 Å². The second kappa shape index (κ2) is 7.06. The highest BCUT2D eigenvalue weighted by Gasteiger charge is 2.51. The second-order valence-electron chi connectivity index (χ2n) is 7.94. The molecule has 3 rings (SSSR count). The van der Waals surface area contributed by atoms with Gasteiger partial charge in [-0.25, -0.2) is 0 Å². The van der Waals surface area contributed by atoms with Crippen molar-refractivity contribution in [1.82, 2.24) is 9.88 Å². The molecule has 0 aliphatic carbocycles. The summed E-state index contributed by atoms with van der Waals surface area (Å²) < 4.78 is 12.1. The number of hydrogen-bond donors (Lipinski definition) is 1. The number of carbonyl (C=O) groups excluding carboxylic acids is 1. The van der Waals surface area contributed by atoms with E-state index >= 15 is 0 Å². The number of carbonyl (C=O) groups is 1. The summed E-state index contributed by atoms with van der Waals surface area (Å²) in [5.74, 6) is 0.0137. The van der Waals surface area contributed by atoms with Crippen LogP contribution in [-0.2, 0) is 14.1 Å². The van der Waals surface area contributed by atoms with E-state index in [9.17, 15) is 4.79 Å². The van der Waals surface area contributed by atoms with Crippen molar-refractivity contribution in [1.29, 1.82) is 0 Å². The summed E-state index contributed by atoms with van der Waals surface area (Å²) >= 11 is 0. The van der Waals surface area contributed by atoms with E-state index in [0.717, 1.165) is 25.1 Å². The first-order valence-electron chi connectivity index (χ1n) is 9.10. The Balaban J connectivity index is 1.59. The van der Waals surface area contributed by atoms with Crippen molar-refractivity contribution in [2.24, 2.45) is 0 Å². The Morgan fingerprint density at radius 3 is 2.48 bits per heavy atom. The van der Waals surface area contributed by atoms with E-state index in [-0.39, 0.29) is 5.91 Å². The molecular weight excluding hydrogens is 317 g/mol. The van der Waals surface area contributed by atoms with Gasteiger partial charge < -0.3 is 19.5 Å². The third kappa shape index (κ3) is 4.22. The molecule has 2 saturated heterocycles. The van der Waals surface area contributed by atoms with Gasteiger partial charge in [0.05, 0.1) is 23.1 Å². The van der Waals surface area contributed by atoms with Gasteiger partial charge in [0.15, 0.2) is 0 Å². The molecule has 2 fully saturated rings. The quantitative estimate of drug-likeness (QED) is 0.825. The average molecular weight is 345 g/mol. The maximum atomic E-state index is 12.2. The van der Waals surface area contributed by atoms with E-state index in [1.807, 2.05) is 33.8 Å². The summed E-state index contributed by atoms with van der Waals surface area (Å²) in [4.78, 5) is 18.7. The predicted octanol–water partition coefficient (Wildman–Crippen LogP) is 1.81. The highest BCUT2D eigenvalue weighted by atomic mass is 16.7. The molecular formula is C18H28BN3O3. The number of nitrogens with one attached hydrogen (secondary N) is 1. The van der Waals surface area contributed by atoms with Crippen molar-refractivity contribution in [3.63, 3.8) is 0 Å². The van der Waals surface area contributed by atoms with Crippen LogP contribution < -0.4 is 10.8 Å². The van der Waals surface area contributed by atoms with Crippen molar-refractivity contribution >= 4 is 24.2 Å². The van der Waals surface area contributed by atoms with Crippen LogP contribution in [0.3, 0.4) is 0 Å². The number of pyridine rings is 1. The Morgan fingerprint density at radius 1 is 1.20 bits per heavy atom. The lowest BCUT2D eigenvalue weighted by Crippen LogP contribution is -2.41. The predicted molar refractivity (Wildman–Crippen MR) is 98.9 cm³/mol. The number of hydrogen-bond acceptors (Lipinski definition) is 5. The van der Waals surface area contributed by atoms with Crippen LogP contribution >= 0.6 is 0 Å². The minimum Gasteiger partial charge on any atom is -0.399 e. The molecule has 1 N–H and O–H groups in total. The van der Waals surface area contributed by atoms with Crippen molar-refractivity contribution < 1.29 is 14.1 Å². The number of aromatic nitrogens is 1. The summed E-state index contributed by atoms with van der Waals surface area (Å²) in [5, 5.41) is 2.93. The van der Waals surface area contributed by atoms with Gasteiger partial charge in [-0.05, 0) is 59.7 Å². The van der Waals surface area contributed by atoms with Crippen LogP contribution in [0.4, 0.5) is 5.69 Å². The monoisotopic (exact) mass is 345 g/mol. The van der Waals surface area contributed by atoms with E-state index in [2.05, 4.69) is 15.2 Å². The molecule has 6 nitrogen and oxygen atoms in total. The molecule has 2 aliphatic rings. The fraction of sp³-hybridized carbons (Fsp3) is 0.667.